The molecule has 3 heteroatoms. The zero-order valence-corrected chi connectivity index (χ0v) is 8.85. The summed E-state index contributed by atoms with van der Waals surface area (Å²) in [6, 6.07) is 9.88. The van der Waals surface area contributed by atoms with E-state index in [0.29, 0.717) is 6.42 Å². The summed E-state index contributed by atoms with van der Waals surface area (Å²) in [5.74, 6) is -0.747. The molecule has 0 saturated carbocycles. The average Bonchev–Trinajstić information content (AvgIpc) is 2.31. The molecule has 1 aromatic rings. The lowest BCUT2D eigenvalue weighted by Gasteiger charge is -2.11. The van der Waals surface area contributed by atoms with Crippen LogP contribution in [-0.2, 0) is 16.0 Å². The van der Waals surface area contributed by atoms with Gasteiger partial charge in [0, 0.05) is 0 Å². The number of aliphatic hydroxyl groups excluding tert-OH is 1. The Morgan fingerprint density at radius 2 is 2.07 bits per heavy atom. The highest BCUT2D eigenvalue weighted by Gasteiger charge is 2.17. The molecule has 0 fully saturated rings. The van der Waals surface area contributed by atoms with Crippen LogP contribution in [0.15, 0.2) is 30.3 Å². The summed E-state index contributed by atoms with van der Waals surface area (Å²) >= 11 is 0. The maximum absolute atomic E-state index is 11.2. The lowest BCUT2D eigenvalue weighted by molar-refractivity contribution is -0.147. The number of benzene rings is 1. The highest BCUT2D eigenvalue weighted by atomic mass is 16.5. The molecule has 0 aliphatic heterocycles. The molecule has 0 aromatic heterocycles. The van der Waals surface area contributed by atoms with Crippen molar-refractivity contribution in [1.29, 1.82) is 0 Å². The Hall–Kier alpha value is -1.35. The van der Waals surface area contributed by atoms with Crippen LogP contribution in [0.3, 0.4) is 0 Å². The highest BCUT2D eigenvalue weighted by molar-refractivity contribution is 5.72. The summed E-state index contributed by atoms with van der Waals surface area (Å²) in [7, 11) is 1.34. The maximum atomic E-state index is 11.2. The summed E-state index contributed by atoms with van der Waals surface area (Å²) < 4.78 is 4.59. The van der Waals surface area contributed by atoms with Crippen molar-refractivity contribution in [3.8, 4) is 0 Å². The molecule has 0 radical (unpaired) electrons. The minimum atomic E-state index is -0.407. The highest BCUT2D eigenvalue weighted by Crippen LogP contribution is 2.10. The van der Waals surface area contributed by atoms with Gasteiger partial charge in [-0.25, -0.2) is 0 Å². The second-order valence-corrected chi connectivity index (χ2v) is 3.43. The molecule has 1 aromatic carbocycles. The Morgan fingerprint density at radius 3 is 2.60 bits per heavy atom. The molecule has 1 rings (SSSR count). The van der Waals surface area contributed by atoms with E-state index in [-0.39, 0.29) is 12.6 Å². The first kappa shape index (κ1) is 11.7. The third-order valence-electron chi connectivity index (χ3n) is 2.38. The molecule has 0 bridgehead atoms. The number of carbonyl (C=O) groups is 1. The number of aryl methyl sites for hydroxylation is 1. The molecule has 0 saturated heterocycles. The molecule has 0 heterocycles. The van der Waals surface area contributed by atoms with Gasteiger partial charge in [0.15, 0.2) is 0 Å². The topological polar surface area (TPSA) is 46.5 Å². The Kier molecular flexibility index (Phi) is 4.84. The predicted molar refractivity (Wildman–Crippen MR) is 57.4 cm³/mol. The quantitative estimate of drug-likeness (QED) is 0.744. The van der Waals surface area contributed by atoms with Crippen LogP contribution in [0.25, 0.3) is 0 Å². The minimum Gasteiger partial charge on any atom is -0.469 e. The molecule has 3 nitrogen and oxygen atoms in total. The van der Waals surface area contributed by atoms with Crippen LogP contribution in [0.1, 0.15) is 12.0 Å². The zero-order chi connectivity index (χ0) is 11.1. The van der Waals surface area contributed by atoms with E-state index in [1.54, 1.807) is 0 Å². The average molecular weight is 208 g/mol. The van der Waals surface area contributed by atoms with E-state index in [1.165, 1.54) is 12.7 Å². The Balaban J connectivity index is 2.44. The standard InChI is InChI=1S/C12H16O3/c1-15-12(14)11(9-13)8-7-10-5-3-2-4-6-10/h2-6,11,13H,7-9H2,1H3/t11-/m0/s1. The van der Waals surface area contributed by atoms with E-state index >= 15 is 0 Å². The SMILES string of the molecule is COC(=O)[C@H](CO)CCc1ccccc1. The Labute approximate surface area is 89.7 Å². The number of esters is 1. The van der Waals surface area contributed by atoms with Gasteiger partial charge in [-0.2, -0.15) is 0 Å². The molecule has 0 spiro atoms. The summed E-state index contributed by atoms with van der Waals surface area (Å²) in [6.07, 6.45) is 1.40. The Bertz CT molecular complexity index is 295. The van der Waals surface area contributed by atoms with Gasteiger partial charge in [0.2, 0.25) is 0 Å². The van der Waals surface area contributed by atoms with Gasteiger partial charge in [-0.05, 0) is 18.4 Å². The number of hydrogen-bond acceptors (Lipinski definition) is 3. The monoisotopic (exact) mass is 208 g/mol. The largest absolute Gasteiger partial charge is 0.469 e. The number of carbonyl (C=O) groups excluding carboxylic acids is 1. The first-order chi connectivity index (χ1) is 7.27. The van der Waals surface area contributed by atoms with Crippen LogP contribution >= 0.6 is 0 Å². The molecule has 15 heavy (non-hydrogen) atoms. The van der Waals surface area contributed by atoms with Crippen molar-refractivity contribution in [3.05, 3.63) is 35.9 Å². The van der Waals surface area contributed by atoms with Crippen LogP contribution in [0.2, 0.25) is 0 Å². The van der Waals surface area contributed by atoms with Crippen LogP contribution in [0.4, 0.5) is 0 Å². The van der Waals surface area contributed by atoms with E-state index in [1.807, 2.05) is 30.3 Å². The molecule has 1 N–H and O–H groups in total. The third-order valence-corrected chi connectivity index (χ3v) is 2.38. The molecular formula is C12H16O3. The van der Waals surface area contributed by atoms with Gasteiger partial charge in [-0.1, -0.05) is 30.3 Å². The van der Waals surface area contributed by atoms with E-state index < -0.39 is 5.92 Å². The van der Waals surface area contributed by atoms with E-state index in [2.05, 4.69) is 4.74 Å². The van der Waals surface area contributed by atoms with Gasteiger partial charge in [-0.15, -0.1) is 0 Å². The Morgan fingerprint density at radius 1 is 1.40 bits per heavy atom. The van der Waals surface area contributed by atoms with Gasteiger partial charge in [0.1, 0.15) is 0 Å². The van der Waals surface area contributed by atoms with Gasteiger partial charge in [0.05, 0.1) is 19.6 Å². The van der Waals surface area contributed by atoms with E-state index in [9.17, 15) is 4.79 Å². The van der Waals surface area contributed by atoms with Gasteiger partial charge in [0.25, 0.3) is 0 Å². The normalized spacial score (nSPS) is 12.1. The first-order valence-electron chi connectivity index (χ1n) is 5.00. The van der Waals surface area contributed by atoms with Gasteiger partial charge < -0.3 is 9.84 Å². The smallest absolute Gasteiger partial charge is 0.311 e. The summed E-state index contributed by atoms with van der Waals surface area (Å²) in [4.78, 5) is 11.2. The number of ether oxygens (including phenoxy) is 1. The van der Waals surface area contributed by atoms with Crippen LogP contribution < -0.4 is 0 Å². The minimum absolute atomic E-state index is 0.153. The van der Waals surface area contributed by atoms with Crippen LogP contribution in [0, 0.1) is 5.92 Å². The molecule has 1 atom stereocenters. The number of rotatable bonds is 5. The number of hydrogen-bond donors (Lipinski definition) is 1. The summed E-state index contributed by atoms with van der Waals surface area (Å²) in [6.45, 7) is -0.153. The van der Waals surface area contributed by atoms with Crippen molar-refractivity contribution >= 4 is 5.97 Å². The lowest BCUT2D eigenvalue weighted by Crippen LogP contribution is -2.20. The summed E-state index contributed by atoms with van der Waals surface area (Å²) in [5, 5.41) is 9.00. The fourth-order valence-electron chi connectivity index (χ4n) is 1.44. The first-order valence-corrected chi connectivity index (χ1v) is 5.00. The lowest BCUT2D eigenvalue weighted by atomic mass is 10.0. The molecule has 0 unspecified atom stereocenters. The maximum Gasteiger partial charge on any atom is 0.311 e. The molecule has 0 aliphatic rings. The fourth-order valence-corrected chi connectivity index (χ4v) is 1.44. The molecule has 0 aliphatic carbocycles. The predicted octanol–water partition coefficient (Wildman–Crippen LogP) is 1.40. The van der Waals surface area contributed by atoms with Crippen molar-refractivity contribution in [2.75, 3.05) is 13.7 Å². The second kappa shape index (κ2) is 6.19. The second-order valence-electron chi connectivity index (χ2n) is 3.43. The van der Waals surface area contributed by atoms with Crippen LogP contribution in [-0.4, -0.2) is 24.8 Å². The molecular weight excluding hydrogens is 192 g/mol. The van der Waals surface area contributed by atoms with Gasteiger partial charge in [-0.3, -0.25) is 4.79 Å². The summed E-state index contributed by atoms with van der Waals surface area (Å²) in [5.41, 5.74) is 1.17. The van der Waals surface area contributed by atoms with Crippen molar-refractivity contribution in [2.45, 2.75) is 12.8 Å². The van der Waals surface area contributed by atoms with E-state index in [0.717, 1.165) is 6.42 Å². The number of aliphatic hydroxyl groups is 1. The zero-order valence-electron chi connectivity index (χ0n) is 8.85. The van der Waals surface area contributed by atoms with Crippen LogP contribution in [0.5, 0.6) is 0 Å². The number of methoxy groups -OCH3 is 1. The van der Waals surface area contributed by atoms with Crippen molar-refractivity contribution in [1.82, 2.24) is 0 Å². The third kappa shape index (κ3) is 3.72. The molecule has 82 valence electrons. The van der Waals surface area contributed by atoms with Crippen molar-refractivity contribution in [3.63, 3.8) is 0 Å². The van der Waals surface area contributed by atoms with Crippen molar-refractivity contribution < 1.29 is 14.6 Å². The fraction of sp³-hybridized carbons (Fsp3) is 0.417. The van der Waals surface area contributed by atoms with Gasteiger partial charge >= 0.3 is 5.97 Å². The van der Waals surface area contributed by atoms with Crippen molar-refractivity contribution in [2.24, 2.45) is 5.92 Å². The van der Waals surface area contributed by atoms with E-state index in [4.69, 9.17) is 5.11 Å². The molecule has 0 amide bonds.